The van der Waals surface area contributed by atoms with Crippen molar-refractivity contribution in [1.29, 1.82) is 0 Å². The minimum Gasteiger partial charge on any atom is -0.489 e. The van der Waals surface area contributed by atoms with E-state index in [2.05, 4.69) is 21.2 Å². The maximum absolute atomic E-state index is 12.3. The lowest BCUT2D eigenvalue weighted by Crippen LogP contribution is -2.52. The van der Waals surface area contributed by atoms with Gasteiger partial charge in [0.25, 0.3) is 5.91 Å². The maximum atomic E-state index is 12.3. The molecule has 0 saturated heterocycles. The number of aliphatic hydroxyl groups is 1. The average molecular weight is 517 g/mol. The number of rotatable bonds is 12. The van der Waals surface area contributed by atoms with E-state index >= 15 is 0 Å². The molecule has 9 nitrogen and oxygen atoms in total. The zero-order valence-electron chi connectivity index (χ0n) is 20.7. The van der Waals surface area contributed by atoms with Crippen LogP contribution in [0.2, 0.25) is 5.02 Å². The summed E-state index contributed by atoms with van der Waals surface area (Å²) in [6, 6.07) is 14.3. The number of hydrazone groups is 1. The number of nitrogens with one attached hydrogen (secondary N) is 3. The Morgan fingerprint density at radius 3 is 2.64 bits per heavy atom. The van der Waals surface area contributed by atoms with Crippen LogP contribution in [0.1, 0.15) is 32.8 Å². The number of nitrogens with zero attached hydrogens (tertiary/aromatic N) is 1. The van der Waals surface area contributed by atoms with Crippen LogP contribution in [-0.2, 0) is 9.59 Å². The first kappa shape index (κ1) is 27.4. The van der Waals surface area contributed by atoms with Gasteiger partial charge in [0.1, 0.15) is 24.2 Å². The van der Waals surface area contributed by atoms with E-state index in [9.17, 15) is 14.7 Å². The summed E-state index contributed by atoms with van der Waals surface area (Å²) < 4.78 is 11.1. The predicted octanol–water partition coefficient (Wildman–Crippen LogP) is 2.50. The smallest absolute Gasteiger partial charge is 0.258 e. The average Bonchev–Trinajstić information content (AvgIpc) is 2.85. The van der Waals surface area contributed by atoms with Gasteiger partial charge in [0.15, 0.2) is 6.61 Å². The number of halogens is 1. The Balaban J connectivity index is 1.36. The molecule has 0 fully saturated rings. The van der Waals surface area contributed by atoms with Gasteiger partial charge in [-0.15, -0.1) is 0 Å². The molecule has 3 rings (SSSR count). The lowest BCUT2D eigenvalue weighted by molar-refractivity contribution is -0.123. The Kier molecular flexibility index (Phi) is 9.69. The Hall–Kier alpha value is -3.14. The van der Waals surface area contributed by atoms with Crippen LogP contribution in [0.4, 0.5) is 0 Å². The van der Waals surface area contributed by atoms with Crippen LogP contribution < -0.4 is 25.5 Å². The maximum Gasteiger partial charge on any atom is 0.258 e. The van der Waals surface area contributed by atoms with Crippen molar-refractivity contribution in [3.05, 3.63) is 59.1 Å². The Morgan fingerprint density at radius 1 is 1.22 bits per heavy atom. The van der Waals surface area contributed by atoms with Gasteiger partial charge in [0.05, 0.1) is 10.7 Å². The van der Waals surface area contributed by atoms with Gasteiger partial charge in [-0.3, -0.25) is 9.59 Å². The van der Waals surface area contributed by atoms with Gasteiger partial charge < -0.3 is 25.2 Å². The molecule has 0 radical (unpaired) electrons. The Bertz CT molecular complexity index is 1070. The Morgan fingerprint density at radius 2 is 1.94 bits per heavy atom. The highest BCUT2D eigenvalue weighted by molar-refractivity contribution is 6.32. The van der Waals surface area contributed by atoms with Crippen molar-refractivity contribution in [1.82, 2.24) is 16.1 Å². The van der Waals surface area contributed by atoms with Gasteiger partial charge in [-0.25, -0.2) is 5.43 Å². The van der Waals surface area contributed by atoms with Gasteiger partial charge in [-0.05, 0) is 55.8 Å². The summed E-state index contributed by atoms with van der Waals surface area (Å²) in [7, 11) is 0. The minimum absolute atomic E-state index is 0.0317. The number of β-amino-alcohol motifs (C(OH)–C–C–N with tert-alkyl or cyclic N) is 1. The summed E-state index contributed by atoms with van der Waals surface area (Å²) in [5.41, 5.74) is 3.75. The number of hydrogen-bond donors (Lipinski definition) is 4. The van der Waals surface area contributed by atoms with E-state index < -0.39 is 11.6 Å². The zero-order chi connectivity index (χ0) is 26.1. The van der Waals surface area contributed by atoms with Gasteiger partial charge in [0, 0.05) is 31.0 Å². The molecule has 2 amide bonds. The number of amides is 2. The van der Waals surface area contributed by atoms with E-state index in [1.807, 2.05) is 45.0 Å². The molecule has 0 bridgehead atoms. The zero-order valence-corrected chi connectivity index (χ0v) is 21.5. The second-order valence-electron chi connectivity index (χ2n) is 9.39. The number of benzene rings is 2. The minimum atomic E-state index is -0.749. The van der Waals surface area contributed by atoms with Crippen molar-refractivity contribution in [2.75, 3.05) is 26.3 Å². The first-order valence-corrected chi connectivity index (χ1v) is 12.2. The molecular formula is C26H33ClN4O5. The summed E-state index contributed by atoms with van der Waals surface area (Å²) in [5.74, 6) is 0.759. The molecule has 2 aromatic carbocycles. The Labute approximate surface area is 216 Å². The van der Waals surface area contributed by atoms with E-state index in [0.29, 0.717) is 29.5 Å². The monoisotopic (exact) mass is 516 g/mol. The summed E-state index contributed by atoms with van der Waals surface area (Å²) in [6.45, 7) is 6.39. The fourth-order valence-electron chi connectivity index (χ4n) is 3.51. The molecule has 2 atom stereocenters. The molecule has 10 heteroatoms. The summed E-state index contributed by atoms with van der Waals surface area (Å²) >= 11 is 6.05. The normalized spacial score (nSPS) is 16.5. The molecule has 1 heterocycles. The number of aliphatic hydroxyl groups excluding tert-OH is 1. The van der Waals surface area contributed by atoms with Crippen LogP contribution in [-0.4, -0.2) is 60.6 Å². The van der Waals surface area contributed by atoms with Crippen LogP contribution in [0, 0.1) is 5.92 Å². The van der Waals surface area contributed by atoms with E-state index in [1.165, 1.54) is 0 Å². The largest absolute Gasteiger partial charge is 0.489 e. The number of para-hydroxylation sites is 1. The first-order valence-electron chi connectivity index (χ1n) is 11.8. The van der Waals surface area contributed by atoms with E-state index in [0.717, 1.165) is 11.3 Å². The summed E-state index contributed by atoms with van der Waals surface area (Å²) in [6.07, 6.45) is -0.348. The molecule has 0 aromatic heterocycles. The molecule has 0 saturated carbocycles. The number of carbonyl (C=O) groups excluding carboxylic acids is 2. The molecular weight excluding hydrogens is 484 g/mol. The van der Waals surface area contributed by atoms with Crippen molar-refractivity contribution in [3.8, 4) is 11.5 Å². The van der Waals surface area contributed by atoms with Crippen molar-refractivity contribution < 1.29 is 24.2 Å². The quantitative estimate of drug-likeness (QED) is 0.344. The van der Waals surface area contributed by atoms with Crippen molar-refractivity contribution in [3.63, 3.8) is 0 Å². The summed E-state index contributed by atoms with van der Waals surface area (Å²) in [5, 5.41) is 20.9. The molecule has 1 aliphatic heterocycles. The molecule has 2 aromatic rings. The number of carbonyl (C=O) groups is 2. The van der Waals surface area contributed by atoms with Crippen molar-refractivity contribution >= 4 is 29.1 Å². The SMILES string of the molecule is CC1CC(=O)NN=C1c1ccc(OCC(=O)NCC(C)(C)NCC(O)COc2ccccc2Cl)cc1. The molecule has 36 heavy (non-hydrogen) atoms. The lowest BCUT2D eigenvalue weighted by Gasteiger charge is -2.28. The van der Waals surface area contributed by atoms with E-state index in [1.54, 1.807) is 24.3 Å². The van der Waals surface area contributed by atoms with Crippen LogP contribution in [0.5, 0.6) is 11.5 Å². The highest BCUT2D eigenvalue weighted by Crippen LogP contribution is 2.23. The van der Waals surface area contributed by atoms with Crippen LogP contribution >= 0.6 is 11.6 Å². The van der Waals surface area contributed by atoms with E-state index in [-0.39, 0.29) is 37.5 Å². The predicted molar refractivity (Wildman–Crippen MR) is 138 cm³/mol. The highest BCUT2D eigenvalue weighted by Gasteiger charge is 2.22. The molecule has 4 N–H and O–H groups in total. The van der Waals surface area contributed by atoms with Crippen LogP contribution in [0.25, 0.3) is 0 Å². The van der Waals surface area contributed by atoms with Crippen molar-refractivity contribution in [2.24, 2.45) is 11.0 Å². The number of hydrogen-bond acceptors (Lipinski definition) is 7. The van der Waals surface area contributed by atoms with Gasteiger partial charge in [-0.2, -0.15) is 5.10 Å². The molecule has 194 valence electrons. The third-order valence-electron chi connectivity index (χ3n) is 5.59. The molecule has 0 spiro atoms. The van der Waals surface area contributed by atoms with Gasteiger partial charge >= 0.3 is 0 Å². The fourth-order valence-corrected chi connectivity index (χ4v) is 3.70. The third-order valence-corrected chi connectivity index (χ3v) is 5.90. The second kappa shape index (κ2) is 12.7. The van der Waals surface area contributed by atoms with Gasteiger partial charge in [-0.1, -0.05) is 30.7 Å². The molecule has 0 aliphatic carbocycles. The first-order chi connectivity index (χ1) is 17.1. The molecule has 2 unspecified atom stereocenters. The lowest BCUT2D eigenvalue weighted by atomic mass is 9.94. The van der Waals surface area contributed by atoms with Crippen LogP contribution in [0.15, 0.2) is 53.6 Å². The molecule has 1 aliphatic rings. The fraction of sp³-hybridized carbons (Fsp3) is 0.423. The second-order valence-corrected chi connectivity index (χ2v) is 9.79. The van der Waals surface area contributed by atoms with E-state index in [4.69, 9.17) is 21.1 Å². The highest BCUT2D eigenvalue weighted by atomic mass is 35.5. The standard InChI is InChI=1S/C26H33ClN4O5/c1-17-12-23(33)30-31-25(17)18-8-10-20(11-9-18)35-15-24(34)28-16-26(2,3)29-13-19(32)14-36-22-7-5-4-6-21(22)27/h4-11,17,19,29,32H,12-16H2,1-3H3,(H,28,34)(H,30,33). The van der Waals surface area contributed by atoms with Gasteiger partial charge in [0.2, 0.25) is 5.91 Å². The number of ether oxygens (including phenoxy) is 2. The third kappa shape index (κ3) is 8.51. The summed E-state index contributed by atoms with van der Waals surface area (Å²) in [4.78, 5) is 23.7. The van der Waals surface area contributed by atoms with Crippen molar-refractivity contribution in [2.45, 2.75) is 38.8 Å². The van der Waals surface area contributed by atoms with Crippen LogP contribution in [0.3, 0.4) is 0 Å². The topological polar surface area (TPSA) is 121 Å².